The van der Waals surface area contributed by atoms with Crippen LogP contribution >= 0.6 is 12.0 Å². The number of hydrogen-bond donors (Lipinski definition) is 1. The molecule has 0 heterocycles. The van der Waals surface area contributed by atoms with E-state index in [0.29, 0.717) is 0 Å². The average Bonchev–Trinajstić information content (AvgIpc) is 2.19. The summed E-state index contributed by atoms with van der Waals surface area (Å²) in [5, 5.41) is 0. The third-order valence-corrected chi connectivity index (χ3v) is 3.23. The van der Waals surface area contributed by atoms with Crippen LogP contribution in [0.5, 0.6) is 0 Å². The summed E-state index contributed by atoms with van der Waals surface area (Å²) in [5.41, 5.74) is 5.17. The number of nitrogens with one attached hydrogen (secondary N) is 1. The first-order valence-electron chi connectivity index (χ1n) is 6.09. The minimum absolute atomic E-state index is 0.534. The molecule has 0 aliphatic rings. The van der Waals surface area contributed by atoms with Gasteiger partial charge in [0, 0.05) is 4.90 Å². The van der Waals surface area contributed by atoms with Crippen LogP contribution in [0.2, 0.25) is 0 Å². The molecule has 1 aromatic carbocycles. The Morgan fingerprint density at radius 3 is 2.16 bits per heavy atom. The van der Waals surface area contributed by atoms with E-state index in [1.54, 1.807) is 20.8 Å². The standard InChI is InChI=1S/C14H21NO3S/c1-9-7-10(2)12(11(3)8-9)19-18-15-13(16)17-14(4,5)6/h7-8H,1-6H3,(H,15,16). The van der Waals surface area contributed by atoms with Gasteiger partial charge in [-0.15, -0.1) is 0 Å². The molecule has 19 heavy (non-hydrogen) atoms. The molecule has 4 nitrogen and oxygen atoms in total. The zero-order valence-corrected chi connectivity index (χ0v) is 13.1. The molecule has 0 aliphatic carbocycles. The van der Waals surface area contributed by atoms with E-state index in [1.807, 2.05) is 20.8 Å². The molecule has 0 fully saturated rings. The van der Waals surface area contributed by atoms with Crippen LogP contribution in [-0.4, -0.2) is 11.7 Å². The van der Waals surface area contributed by atoms with Gasteiger partial charge in [-0.25, -0.2) is 4.79 Å². The maximum absolute atomic E-state index is 11.4. The van der Waals surface area contributed by atoms with E-state index >= 15 is 0 Å². The smallest absolute Gasteiger partial charge is 0.432 e. The fourth-order valence-electron chi connectivity index (χ4n) is 1.69. The van der Waals surface area contributed by atoms with Crippen molar-refractivity contribution in [2.75, 3.05) is 0 Å². The Morgan fingerprint density at radius 1 is 1.16 bits per heavy atom. The Kier molecular flexibility index (Phi) is 5.26. The lowest BCUT2D eigenvalue weighted by molar-refractivity contribution is 0.0326. The topological polar surface area (TPSA) is 47.6 Å². The highest BCUT2D eigenvalue weighted by atomic mass is 32.2. The van der Waals surface area contributed by atoms with Crippen molar-refractivity contribution in [2.24, 2.45) is 0 Å². The number of carbonyl (C=O) groups is 1. The van der Waals surface area contributed by atoms with Crippen molar-refractivity contribution in [3.8, 4) is 0 Å². The van der Waals surface area contributed by atoms with E-state index in [4.69, 9.17) is 9.02 Å². The predicted molar refractivity (Wildman–Crippen MR) is 77.0 cm³/mol. The normalized spacial score (nSPS) is 11.3. The van der Waals surface area contributed by atoms with Crippen molar-refractivity contribution in [1.82, 2.24) is 5.48 Å². The largest absolute Gasteiger partial charge is 0.442 e. The van der Waals surface area contributed by atoms with Gasteiger partial charge in [-0.05, 0) is 52.7 Å². The van der Waals surface area contributed by atoms with Crippen molar-refractivity contribution >= 4 is 18.1 Å². The van der Waals surface area contributed by atoms with Crippen molar-refractivity contribution in [3.05, 3.63) is 28.8 Å². The van der Waals surface area contributed by atoms with E-state index in [2.05, 4.69) is 17.6 Å². The van der Waals surface area contributed by atoms with E-state index < -0.39 is 11.7 Å². The molecule has 0 aromatic heterocycles. The van der Waals surface area contributed by atoms with E-state index in [9.17, 15) is 4.79 Å². The molecule has 0 saturated carbocycles. The second-order valence-electron chi connectivity index (χ2n) is 5.50. The van der Waals surface area contributed by atoms with Crippen LogP contribution < -0.4 is 5.48 Å². The lowest BCUT2D eigenvalue weighted by Crippen LogP contribution is -2.31. The molecule has 1 amide bonds. The summed E-state index contributed by atoms with van der Waals surface area (Å²) < 4.78 is 10.2. The molecule has 5 heteroatoms. The van der Waals surface area contributed by atoms with Crippen molar-refractivity contribution in [3.63, 3.8) is 0 Å². The highest BCUT2D eigenvalue weighted by molar-refractivity contribution is 7.94. The summed E-state index contributed by atoms with van der Waals surface area (Å²) in [4.78, 5) is 12.4. The van der Waals surface area contributed by atoms with Gasteiger partial charge in [-0.1, -0.05) is 17.7 Å². The Morgan fingerprint density at radius 2 is 1.68 bits per heavy atom. The van der Waals surface area contributed by atoms with Crippen molar-refractivity contribution in [2.45, 2.75) is 52.0 Å². The molecule has 1 aromatic rings. The van der Waals surface area contributed by atoms with Gasteiger partial charge in [-0.2, -0.15) is 9.76 Å². The monoisotopic (exact) mass is 283 g/mol. The van der Waals surface area contributed by atoms with Gasteiger partial charge < -0.3 is 4.74 Å². The predicted octanol–water partition coefficient (Wildman–Crippen LogP) is 4.08. The van der Waals surface area contributed by atoms with Crippen LogP contribution in [0.25, 0.3) is 0 Å². The molecule has 0 spiro atoms. The third-order valence-electron chi connectivity index (χ3n) is 2.25. The Balaban J connectivity index is 2.52. The number of aryl methyl sites for hydroxylation is 3. The fraction of sp³-hybridized carbons (Fsp3) is 0.500. The Hall–Kier alpha value is -1.20. The number of rotatable bonds is 3. The molecule has 1 rings (SSSR count). The molecular formula is C14H21NO3S. The Labute approximate surface area is 119 Å². The molecule has 0 saturated heterocycles. The first kappa shape index (κ1) is 15.9. The van der Waals surface area contributed by atoms with Crippen LogP contribution in [-0.2, 0) is 9.02 Å². The van der Waals surface area contributed by atoms with Crippen LogP contribution in [0.3, 0.4) is 0 Å². The first-order chi connectivity index (χ1) is 8.69. The summed E-state index contributed by atoms with van der Waals surface area (Å²) in [7, 11) is 0. The van der Waals surface area contributed by atoms with Crippen LogP contribution in [0.15, 0.2) is 17.0 Å². The van der Waals surface area contributed by atoms with Gasteiger partial charge in [0.15, 0.2) is 0 Å². The van der Waals surface area contributed by atoms with E-state index in [-0.39, 0.29) is 0 Å². The lowest BCUT2D eigenvalue weighted by atomic mass is 10.1. The highest BCUT2D eigenvalue weighted by Gasteiger charge is 2.16. The number of carbonyl (C=O) groups excluding carboxylic acids is 1. The van der Waals surface area contributed by atoms with Crippen LogP contribution in [0, 0.1) is 20.8 Å². The summed E-state index contributed by atoms with van der Waals surface area (Å²) >= 11 is 1.12. The summed E-state index contributed by atoms with van der Waals surface area (Å²) in [6.45, 7) is 11.5. The Bertz CT molecular complexity index is 443. The number of amides is 1. The van der Waals surface area contributed by atoms with Gasteiger partial charge in [0.2, 0.25) is 0 Å². The maximum atomic E-state index is 11.4. The van der Waals surface area contributed by atoms with E-state index in [1.165, 1.54) is 5.56 Å². The minimum Gasteiger partial charge on any atom is -0.442 e. The first-order valence-corrected chi connectivity index (χ1v) is 6.83. The number of hydroxylamine groups is 1. The van der Waals surface area contributed by atoms with Crippen LogP contribution in [0.1, 0.15) is 37.5 Å². The quantitative estimate of drug-likeness (QED) is 0.671. The minimum atomic E-state index is -0.595. The number of benzene rings is 1. The zero-order chi connectivity index (χ0) is 14.6. The zero-order valence-electron chi connectivity index (χ0n) is 12.3. The van der Waals surface area contributed by atoms with Crippen molar-refractivity contribution in [1.29, 1.82) is 0 Å². The molecule has 0 aliphatic heterocycles. The third kappa shape index (κ3) is 5.53. The summed E-state index contributed by atoms with van der Waals surface area (Å²) in [6.07, 6.45) is -0.595. The number of hydrogen-bond acceptors (Lipinski definition) is 4. The summed E-state index contributed by atoms with van der Waals surface area (Å²) in [6, 6.07) is 4.15. The highest BCUT2D eigenvalue weighted by Crippen LogP contribution is 2.27. The fourth-order valence-corrected chi connectivity index (χ4v) is 2.27. The SMILES string of the molecule is Cc1cc(C)c(SONC(=O)OC(C)(C)C)c(C)c1. The van der Waals surface area contributed by atoms with E-state index in [0.717, 1.165) is 28.1 Å². The lowest BCUT2D eigenvalue weighted by Gasteiger charge is -2.19. The molecular weight excluding hydrogens is 262 g/mol. The number of ether oxygens (including phenoxy) is 1. The summed E-state index contributed by atoms with van der Waals surface area (Å²) in [5.74, 6) is 0. The maximum Gasteiger partial charge on any atom is 0.432 e. The van der Waals surface area contributed by atoms with Crippen LogP contribution in [0.4, 0.5) is 4.79 Å². The molecule has 0 bridgehead atoms. The second kappa shape index (κ2) is 6.30. The van der Waals surface area contributed by atoms with Gasteiger partial charge >= 0.3 is 6.09 Å². The molecule has 106 valence electrons. The molecule has 0 radical (unpaired) electrons. The van der Waals surface area contributed by atoms with Gasteiger partial charge in [-0.3, -0.25) is 0 Å². The van der Waals surface area contributed by atoms with Gasteiger partial charge in [0.1, 0.15) is 5.60 Å². The molecule has 1 N–H and O–H groups in total. The molecule has 0 atom stereocenters. The van der Waals surface area contributed by atoms with Crippen molar-refractivity contribution < 1.29 is 13.8 Å². The average molecular weight is 283 g/mol. The molecule has 0 unspecified atom stereocenters. The van der Waals surface area contributed by atoms with Gasteiger partial charge in [0.05, 0.1) is 12.0 Å². The van der Waals surface area contributed by atoms with Gasteiger partial charge in [0.25, 0.3) is 0 Å². The second-order valence-corrected chi connectivity index (χ2v) is 6.24.